The van der Waals surface area contributed by atoms with Gasteiger partial charge in [0.05, 0.1) is 0 Å². The summed E-state index contributed by atoms with van der Waals surface area (Å²) in [5.74, 6) is 1.68. The zero-order chi connectivity index (χ0) is 14.8. The number of hydrogen-bond donors (Lipinski definition) is 1. The Morgan fingerprint density at radius 1 is 1.00 bits per heavy atom. The third kappa shape index (κ3) is 6.76. The molecular formula is C18H35NO. The fourth-order valence-corrected chi connectivity index (χ4v) is 3.31. The van der Waals surface area contributed by atoms with E-state index >= 15 is 0 Å². The Labute approximate surface area is 126 Å². The molecule has 3 atom stereocenters. The fourth-order valence-electron chi connectivity index (χ4n) is 3.31. The average Bonchev–Trinajstić information content (AvgIpc) is 2.43. The maximum Gasteiger partial charge on any atom is 0.220 e. The number of carbonyl (C=O) groups excluding carboxylic acids is 1. The fraction of sp³-hybridized carbons (Fsp3) is 0.944. The average molecular weight is 281 g/mol. The van der Waals surface area contributed by atoms with E-state index in [1.54, 1.807) is 0 Å². The van der Waals surface area contributed by atoms with Gasteiger partial charge in [-0.05, 0) is 24.7 Å². The summed E-state index contributed by atoms with van der Waals surface area (Å²) in [5, 5.41) is 3.27. The van der Waals surface area contributed by atoms with Crippen molar-refractivity contribution in [2.24, 2.45) is 11.8 Å². The second-order valence-electron chi connectivity index (χ2n) is 6.81. The molecule has 0 heterocycles. The lowest BCUT2D eigenvalue weighted by Crippen LogP contribution is -2.43. The normalized spacial score (nSPS) is 26.4. The van der Waals surface area contributed by atoms with Crippen LogP contribution >= 0.6 is 0 Å². The Bertz CT molecular complexity index is 264. The van der Waals surface area contributed by atoms with Crippen LogP contribution in [-0.2, 0) is 4.79 Å². The van der Waals surface area contributed by atoms with E-state index in [4.69, 9.17) is 0 Å². The van der Waals surface area contributed by atoms with Crippen LogP contribution in [0, 0.1) is 11.8 Å². The van der Waals surface area contributed by atoms with Gasteiger partial charge in [-0.2, -0.15) is 0 Å². The third-order valence-electron chi connectivity index (χ3n) is 5.06. The summed E-state index contributed by atoms with van der Waals surface area (Å²) < 4.78 is 0. The second-order valence-corrected chi connectivity index (χ2v) is 6.81. The molecule has 1 saturated carbocycles. The highest BCUT2D eigenvalue weighted by Gasteiger charge is 2.27. The Morgan fingerprint density at radius 3 is 2.35 bits per heavy atom. The van der Waals surface area contributed by atoms with Crippen molar-refractivity contribution in [2.45, 2.75) is 97.4 Å². The lowest BCUT2D eigenvalue weighted by Gasteiger charge is -2.34. The molecule has 0 radical (unpaired) electrons. The Morgan fingerprint density at radius 2 is 1.65 bits per heavy atom. The standard InChI is InChI=1S/C18H35NO/c1-4-5-6-7-8-9-10-14-18(20)19-17-13-11-12-15(2)16(17)3/h15-17H,4-14H2,1-3H3,(H,19,20). The Hall–Kier alpha value is -0.530. The van der Waals surface area contributed by atoms with E-state index in [2.05, 4.69) is 26.1 Å². The minimum atomic E-state index is 0.282. The summed E-state index contributed by atoms with van der Waals surface area (Å²) in [5.41, 5.74) is 0. The van der Waals surface area contributed by atoms with Gasteiger partial charge in [-0.3, -0.25) is 4.79 Å². The van der Waals surface area contributed by atoms with Crippen molar-refractivity contribution in [1.82, 2.24) is 5.32 Å². The summed E-state index contributed by atoms with van der Waals surface area (Å²) in [6.07, 6.45) is 13.4. The molecular weight excluding hydrogens is 246 g/mol. The van der Waals surface area contributed by atoms with Gasteiger partial charge >= 0.3 is 0 Å². The smallest absolute Gasteiger partial charge is 0.220 e. The number of amides is 1. The van der Waals surface area contributed by atoms with Crippen molar-refractivity contribution in [3.8, 4) is 0 Å². The lowest BCUT2D eigenvalue weighted by molar-refractivity contribution is -0.122. The zero-order valence-electron chi connectivity index (χ0n) is 13.9. The largest absolute Gasteiger partial charge is 0.353 e. The highest BCUT2D eigenvalue weighted by atomic mass is 16.1. The van der Waals surface area contributed by atoms with Crippen molar-refractivity contribution in [2.75, 3.05) is 0 Å². The van der Waals surface area contributed by atoms with Crippen LogP contribution < -0.4 is 5.32 Å². The molecule has 1 fully saturated rings. The van der Waals surface area contributed by atoms with Gasteiger partial charge in [-0.25, -0.2) is 0 Å². The van der Waals surface area contributed by atoms with Crippen LogP contribution in [0.4, 0.5) is 0 Å². The minimum absolute atomic E-state index is 0.282. The first-order valence-electron chi connectivity index (χ1n) is 8.94. The van der Waals surface area contributed by atoms with Crippen LogP contribution in [-0.4, -0.2) is 11.9 Å². The van der Waals surface area contributed by atoms with Crippen LogP contribution in [0.3, 0.4) is 0 Å². The van der Waals surface area contributed by atoms with E-state index in [1.807, 2.05) is 0 Å². The van der Waals surface area contributed by atoms with Crippen molar-refractivity contribution in [1.29, 1.82) is 0 Å². The number of rotatable bonds is 9. The molecule has 0 aromatic rings. The first-order chi connectivity index (χ1) is 9.65. The van der Waals surface area contributed by atoms with Gasteiger partial charge in [0.15, 0.2) is 0 Å². The predicted octanol–water partition coefficient (Wildman–Crippen LogP) is 5.07. The molecule has 1 aliphatic carbocycles. The summed E-state index contributed by atoms with van der Waals surface area (Å²) in [4.78, 5) is 12.0. The first-order valence-corrected chi connectivity index (χ1v) is 8.94. The van der Waals surface area contributed by atoms with E-state index in [0.717, 1.165) is 18.8 Å². The van der Waals surface area contributed by atoms with E-state index in [0.29, 0.717) is 12.0 Å². The van der Waals surface area contributed by atoms with Gasteiger partial charge in [0.25, 0.3) is 0 Å². The Kier molecular flexibility index (Phi) is 8.97. The van der Waals surface area contributed by atoms with Crippen LogP contribution in [0.1, 0.15) is 91.4 Å². The molecule has 3 unspecified atom stereocenters. The number of nitrogens with one attached hydrogen (secondary N) is 1. The molecule has 1 amide bonds. The molecule has 0 spiro atoms. The summed E-state index contributed by atoms with van der Waals surface area (Å²) in [6.45, 7) is 6.86. The van der Waals surface area contributed by atoms with E-state index in [-0.39, 0.29) is 5.91 Å². The van der Waals surface area contributed by atoms with Crippen molar-refractivity contribution < 1.29 is 4.79 Å². The molecule has 0 saturated heterocycles. The molecule has 0 bridgehead atoms. The predicted molar refractivity (Wildman–Crippen MR) is 86.7 cm³/mol. The maximum atomic E-state index is 12.0. The van der Waals surface area contributed by atoms with Crippen LogP contribution in [0.5, 0.6) is 0 Å². The molecule has 0 aliphatic heterocycles. The van der Waals surface area contributed by atoms with Crippen LogP contribution in [0.15, 0.2) is 0 Å². The number of carbonyl (C=O) groups is 1. The zero-order valence-corrected chi connectivity index (χ0v) is 13.9. The third-order valence-corrected chi connectivity index (χ3v) is 5.06. The number of hydrogen-bond acceptors (Lipinski definition) is 1. The molecule has 2 heteroatoms. The Balaban J connectivity index is 2.05. The monoisotopic (exact) mass is 281 g/mol. The van der Waals surface area contributed by atoms with Gasteiger partial charge in [0, 0.05) is 12.5 Å². The summed E-state index contributed by atoms with van der Waals surface area (Å²) >= 11 is 0. The van der Waals surface area contributed by atoms with Gasteiger partial charge in [-0.15, -0.1) is 0 Å². The molecule has 0 aromatic heterocycles. The highest BCUT2D eigenvalue weighted by molar-refractivity contribution is 5.76. The van der Waals surface area contributed by atoms with E-state index in [9.17, 15) is 4.79 Å². The SMILES string of the molecule is CCCCCCCCCC(=O)NC1CCCC(C)C1C. The van der Waals surface area contributed by atoms with Crippen molar-refractivity contribution >= 4 is 5.91 Å². The molecule has 1 N–H and O–H groups in total. The molecule has 20 heavy (non-hydrogen) atoms. The van der Waals surface area contributed by atoms with Crippen LogP contribution in [0.2, 0.25) is 0 Å². The van der Waals surface area contributed by atoms with Gasteiger partial charge in [-0.1, -0.05) is 72.1 Å². The van der Waals surface area contributed by atoms with E-state index in [1.165, 1.54) is 57.8 Å². The first kappa shape index (κ1) is 17.5. The van der Waals surface area contributed by atoms with Gasteiger partial charge in [0.2, 0.25) is 5.91 Å². The van der Waals surface area contributed by atoms with E-state index < -0.39 is 0 Å². The quantitative estimate of drug-likeness (QED) is 0.587. The molecule has 2 nitrogen and oxygen atoms in total. The maximum absolute atomic E-state index is 12.0. The second kappa shape index (κ2) is 10.2. The number of unbranched alkanes of at least 4 members (excludes halogenated alkanes) is 6. The molecule has 1 rings (SSSR count). The van der Waals surface area contributed by atoms with Crippen molar-refractivity contribution in [3.05, 3.63) is 0 Å². The van der Waals surface area contributed by atoms with Crippen LogP contribution in [0.25, 0.3) is 0 Å². The summed E-state index contributed by atoms with van der Waals surface area (Å²) in [7, 11) is 0. The molecule has 0 aromatic carbocycles. The van der Waals surface area contributed by atoms with Gasteiger partial charge in [0.1, 0.15) is 0 Å². The topological polar surface area (TPSA) is 29.1 Å². The lowest BCUT2D eigenvalue weighted by atomic mass is 9.78. The summed E-state index contributed by atoms with van der Waals surface area (Å²) in [6, 6.07) is 0.427. The van der Waals surface area contributed by atoms with Crippen molar-refractivity contribution in [3.63, 3.8) is 0 Å². The van der Waals surface area contributed by atoms with Gasteiger partial charge < -0.3 is 5.32 Å². The minimum Gasteiger partial charge on any atom is -0.353 e. The highest BCUT2D eigenvalue weighted by Crippen LogP contribution is 2.29. The molecule has 1 aliphatic rings. The molecule has 118 valence electrons.